The van der Waals surface area contributed by atoms with E-state index in [0.717, 1.165) is 0 Å². The molecule has 0 aliphatic carbocycles. The van der Waals surface area contributed by atoms with E-state index in [1.54, 1.807) is 0 Å². The van der Waals surface area contributed by atoms with Gasteiger partial charge in [-0.3, -0.25) is 14.5 Å². The fraction of sp³-hybridized carbons (Fsp3) is 0.667. The van der Waals surface area contributed by atoms with Crippen molar-refractivity contribution in [2.75, 3.05) is 32.7 Å². The Balaban J connectivity index is 3.86. The number of hydrogen-bond acceptors (Lipinski definition) is 6. The average Bonchev–Trinajstić information content (AvgIpc) is 2.22. The van der Waals surface area contributed by atoms with E-state index in [-0.39, 0.29) is 26.2 Å². The van der Waals surface area contributed by atoms with Crippen LogP contribution in [-0.4, -0.2) is 72.1 Å². The molecule has 0 spiro atoms. The Kier molecular flexibility index (Phi) is 7.85. The highest BCUT2D eigenvalue weighted by molar-refractivity contribution is 5.72. The molecule has 0 saturated carbocycles. The fourth-order valence-corrected chi connectivity index (χ4v) is 1.15. The van der Waals surface area contributed by atoms with Crippen LogP contribution in [0, 0.1) is 0 Å². The number of aliphatic carboxylic acids is 2. The van der Waals surface area contributed by atoms with Gasteiger partial charge in [0.1, 0.15) is 6.29 Å². The molecule has 0 aromatic heterocycles. The highest BCUT2D eigenvalue weighted by Crippen LogP contribution is 1.87. The Bertz CT molecular complexity index is 255. The maximum atomic E-state index is 10.5. The molecule has 98 valence electrons. The third-order valence-corrected chi connectivity index (χ3v) is 1.88. The predicted molar refractivity (Wildman–Crippen MR) is 58.6 cm³/mol. The standard InChI is InChI=1S/C9H17N3O5/c10-7(6-13)3-11-1-2-12(4-8(14)15)5-9(16)17/h6-7,11H,1-5,10H2,(H,14,15)(H,16,17). The smallest absolute Gasteiger partial charge is 0.317 e. The lowest BCUT2D eigenvalue weighted by Crippen LogP contribution is -2.42. The van der Waals surface area contributed by atoms with Gasteiger partial charge in [0.15, 0.2) is 0 Å². The Hall–Kier alpha value is -1.51. The van der Waals surface area contributed by atoms with Gasteiger partial charge in [-0.15, -0.1) is 0 Å². The van der Waals surface area contributed by atoms with Crippen molar-refractivity contribution in [3.05, 3.63) is 0 Å². The van der Waals surface area contributed by atoms with Gasteiger partial charge in [-0.2, -0.15) is 0 Å². The maximum absolute atomic E-state index is 10.5. The van der Waals surface area contributed by atoms with Crippen molar-refractivity contribution < 1.29 is 24.6 Å². The number of carbonyl (C=O) groups is 3. The van der Waals surface area contributed by atoms with Crippen molar-refractivity contribution in [2.24, 2.45) is 5.73 Å². The monoisotopic (exact) mass is 247 g/mol. The molecular weight excluding hydrogens is 230 g/mol. The third kappa shape index (κ3) is 9.42. The van der Waals surface area contributed by atoms with Gasteiger partial charge in [0.05, 0.1) is 19.1 Å². The van der Waals surface area contributed by atoms with Crippen molar-refractivity contribution in [1.29, 1.82) is 0 Å². The number of rotatable bonds is 10. The van der Waals surface area contributed by atoms with Crippen LogP contribution < -0.4 is 11.1 Å². The number of carboxylic acids is 2. The zero-order valence-corrected chi connectivity index (χ0v) is 9.33. The molecule has 0 amide bonds. The number of hydrogen-bond donors (Lipinski definition) is 4. The topological polar surface area (TPSA) is 133 Å². The summed E-state index contributed by atoms with van der Waals surface area (Å²) in [6.07, 6.45) is 0.596. The molecule has 0 saturated heterocycles. The second-order valence-electron chi connectivity index (χ2n) is 3.50. The first-order chi connectivity index (χ1) is 7.95. The van der Waals surface area contributed by atoms with E-state index in [0.29, 0.717) is 12.8 Å². The van der Waals surface area contributed by atoms with Crippen molar-refractivity contribution in [1.82, 2.24) is 10.2 Å². The largest absolute Gasteiger partial charge is 0.480 e. The number of nitrogens with zero attached hydrogens (tertiary/aromatic N) is 1. The molecule has 1 unspecified atom stereocenters. The predicted octanol–water partition coefficient (Wildman–Crippen LogP) is -2.43. The van der Waals surface area contributed by atoms with Crippen LogP contribution >= 0.6 is 0 Å². The Morgan fingerprint density at radius 1 is 1.29 bits per heavy atom. The molecule has 0 radical (unpaired) electrons. The molecule has 17 heavy (non-hydrogen) atoms. The third-order valence-electron chi connectivity index (χ3n) is 1.88. The van der Waals surface area contributed by atoms with Gasteiger partial charge < -0.3 is 26.1 Å². The van der Waals surface area contributed by atoms with Crippen LogP contribution in [0.4, 0.5) is 0 Å². The first-order valence-electron chi connectivity index (χ1n) is 5.03. The summed E-state index contributed by atoms with van der Waals surface area (Å²) < 4.78 is 0. The zero-order valence-electron chi connectivity index (χ0n) is 9.33. The van der Waals surface area contributed by atoms with Crippen LogP contribution in [-0.2, 0) is 14.4 Å². The van der Waals surface area contributed by atoms with Crippen LogP contribution in [0.25, 0.3) is 0 Å². The van der Waals surface area contributed by atoms with Gasteiger partial charge >= 0.3 is 11.9 Å². The SMILES string of the molecule is NC(C=O)CNCCN(CC(=O)O)CC(=O)O. The summed E-state index contributed by atoms with van der Waals surface area (Å²) in [6.45, 7) is 0.213. The van der Waals surface area contributed by atoms with Crippen LogP contribution in [0.2, 0.25) is 0 Å². The summed E-state index contributed by atoms with van der Waals surface area (Å²) in [5, 5.41) is 19.9. The van der Waals surface area contributed by atoms with E-state index >= 15 is 0 Å². The maximum Gasteiger partial charge on any atom is 0.317 e. The zero-order chi connectivity index (χ0) is 13.3. The molecule has 0 bridgehead atoms. The lowest BCUT2D eigenvalue weighted by atomic mass is 10.3. The molecule has 8 heteroatoms. The van der Waals surface area contributed by atoms with E-state index in [9.17, 15) is 14.4 Å². The Morgan fingerprint density at radius 3 is 2.24 bits per heavy atom. The van der Waals surface area contributed by atoms with Gasteiger partial charge in [-0.1, -0.05) is 0 Å². The number of aldehydes is 1. The average molecular weight is 247 g/mol. The molecule has 8 nitrogen and oxygen atoms in total. The summed E-state index contributed by atoms with van der Waals surface area (Å²) in [5.41, 5.74) is 5.32. The molecule has 0 aliphatic rings. The van der Waals surface area contributed by atoms with Crippen LogP contribution in [0.3, 0.4) is 0 Å². The van der Waals surface area contributed by atoms with Gasteiger partial charge in [0, 0.05) is 19.6 Å². The Labute approximate surface area is 98.4 Å². The molecular formula is C9H17N3O5. The van der Waals surface area contributed by atoms with Crippen molar-refractivity contribution in [3.63, 3.8) is 0 Å². The number of nitrogens with one attached hydrogen (secondary N) is 1. The minimum absolute atomic E-state index is 0.254. The van der Waals surface area contributed by atoms with Gasteiger partial charge in [-0.25, -0.2) is 0 Å². The Morgan fingerprint density at radius 2 is 1.82 bits per heavy atom. The minimum atomic E-state index is -1.09. The van der Waals surface area contributed by atoms with E-state index in [2.05, 4.69) is 5.32 Å². The lowest BCUT2D eigenvalue weighted by Gasteiger charge is -2.18. The number of nitrogens with two attached hydrogens (primary N) is 1. The van der Waals surface area contributed by atoms with Crippen molar-refractivity contribution in [2.45, 2.75) is 6.04 Å². The summed E-state index contributed by atoms with van der Waals surface area (Å²) in [7, 11) is 0. The van der Waals surface area contributed by atoms with Crippen molar-refractivity contribution >= 4 is 18.2 Å². The van der Waals surface area contributed by atoms with Gasteiger partial charge in [0.25, 0.3) is 0 Å². The van der Waals surface area contributed by atoms with Gasteiger partial charge in [0.2, 0.25) is 0 Å². The fourth-order valence-electron chi connectivity index (χ4n) is 1.15. The molecule has 0 rings (SSSR count). The highest BCUT2D eigenvalue weighted by atomic mass is 16.4. The lowest BCUT2D eigenvalue weighted by molar-refractivity contribution is -0.141. The number of carboxylic acid groups (broad SMARTS) is 2. The number of carbonyl (C=O) groups excluding carboxylic acids is 1. The summed E-state index contributed by atoms with van der Waals surface area (Å²) in [5.74, 6) is -2.17. The van der Waals surface area contributed by atoms with E-state index < -0.39 is 18.0 Å². The highest BCUT2D eigenvalue weighted by Gasteiger charge is 2.12. The summed E-state index contributed by atoms with van der Waals surface area (Å²) in [6, 6.07) is -0.609. The second-order valence-corrected chi connectivity index (χ2v) is 3.50. The molecule has 0 aliphatic heterocycles. The molecule has 0 aromatic carbocycles. The van der Waals surface area contributed by atoms with Crippen molar-refractivity contribution in [3.8, 4) is 0 Å². The van der Waals surface area contributed by atoms with E-state index in [4.69, 9.17) is 15.9 Å². The van der Waals surface area contributed by atoms with Crippen LogP contribution in [0.15, 0.2) is 0 Å². The molecule has 1 atom stereocenters. The molecule has 0 fully saturated rings. The first kappa shape index (κ1) is 15.5. The van der Waals surface area contributed by atoms with Gasteiger partial charge in [-0.05, 0) is 0 Å². The molecule has 0 aromatic rings. The van der Waals surface area contributed by atoms with Crippen LogP contribution in [0.1, 0.15) is 0 Å². The summed E-state index contributed by atoms with van der Waals surface area (Å²) >= 11 is 0. The van der Waals surface area contributed by atoms with Crippen LogP contribution in [0.5, 0.6) is 0 Å². The normalized spacial score (nSPS) is 12.4. The second kappa shape index (κ2) is 8.62. The van der Waals surface area contributed by atoms with E-state index in [1.807, 2.05) is 0 Å². The first-order valence-corrected chi connectivity index (χ1v) is 5.03. The molecule has 5 N–H and O–H groups in total. The van der Waals surface area contributed by atoms with E-state index in [1.165, 1.54) is 4.90 Å². The molecule has 0 heterocycles. The minimum Gasteiger partial charge on any atom is -0.480 e. The quantitative estimate of drug-likeness (QED) is 0.247. The summed E-state index contributed by atoms with van der Waals surface area (Å²) in [4.78, 5) is 32.4.